The monoisotopic (exact) mass is 175 g/mol. The topological polar surface area (TPSA) is 39.2 Å². The van der Waals surface area contributed by atoms with Crippen molar-refractivity contribution >= 4 is 5.97 Å². The first-order chi connectivity index (χ1) is 6.19. The van der Waals surface area contributed by atoms with Crippen molar-refractivity contribution in [1.82, 2.24) is 4.98 Å². The maximum absolute atomic E-state index is 11.2. The smallest absolute Gasteiger partial charge is 0.339 e. The largest absolute Gasteiger partial charge is 0.465 e. The molecule has 0 aliphatic carbocycles. The fourth-order valence-electron chi connectivity index (χ4n) is 0.929. The minimum Gasteiger partial charge on any atom is -0.465 e. The van der Waals surface area contributed by atoms with Gasteiger partial charge in [0.05, 0.1) is 18.4 Å². The molecule has 0 aromatic carbocycles. The summed E-state index contributed by atoms with van der Waals surface area (Å²) in [6, 6.07) is 1.59. The molecular formula is C10H9NO2. The third-order valence-corrected chi connectivity index (χ3v) is 1.66. The lowest BCUT2D eigenvalue weighted by Crippen LogP contribution is -2.05. The molecule has 0 unspecified atom stereocenters. The molecule has 0 aliphatic heterocycles. The average Bonchev–Trinajstić information content (AvgIpc) is 2.17. The molecule has 0 amide bonds. The lowest BCUT2D eigenvalue weighted by Gasteiger charge is -2.02. The van der Waals surface area contributed by atoms with E-state index in [1.807, 2.05) is 0 Å². The normalized spacial score (nSPS) is 9.00. The van der Waals surface area contributed by atoms with Crippen LogP contribution in [0, 0.1) is 19.3 Å². The van der Waals surface area contributed by atoms with Crippen LogP contribution in [0.2, 0.25) is 0 Å². The molecule has 3 heteroatoms. The van der Waals surface area contributed by atoms with E-state index >= 15 is 0 Å². The van der Waals surface area contributed by atoms with E-state index < -0.39 is 5.97 Å². The number of nitrogens with zero attached hydrogens (tertiary/aromatic N) is 1. The highest BCUT2D eigenvalue weighted by atomic mass is 16.5. The number of terminal acetylenes is 1. The van der Waals surface area contributed by atoms with Crippen LogP contribution in [0.5, 0.6) is 0 Å². The van der Waals surface area contributed by atoms with Gasteiger partial charge in [-0.25, -0.2) is 4.79 Å². The molecule has 1 aromatic heterocycles. The van der Waals surface area contributed by atoms with Crippen molar-refractivity contribution in [1.29, 1.82) is 0 Å². The average molecular weight is 175 g/mol. The van der Waals surface area contributed by atoms with E-state index in [1.165, 1.54) is 7.11 Å². The number of aromatic nitrogens is 1. The summed E-state index contributed by atoms with van der Waals surface area (Å²) in [4.78, 5) is 15.1. The SMILES string of the molecule is C#Cc1cnc(C)c(C(=O)OC)c1. The number of pyridine rings is 1. The van der Waals surface area contributed by atoms with Gasteiger partial charge in [-0.2, -0.15) is 0 Å². The number of methoxy groups -OCH3 is 1. The molecule has 0 aliphatic rings. The zero-order chi connectivity index (χ0) is 9.84. The Labute approximate surface area is 76.8 Å². The van der Waals surface area contributed by atoms with Gasteiger partial charge in [-0.3, -0.25) is 4.98 Å². The molecule has 1 heterocycles. The summed E-state index contributed by atoms with van der Waals surface area (Å²) < 4.78 is 4.57. The van der Waals surface area contributed by atoms with Crippen molar-refractivity contribution in [2.75, 3.05) is 7.11 Å². The first-order valence-electron chi connectivity index (χ1n) is 3.70. The molecule has 0 fully saturated rings. The van der Waals surface area contributed by atoms with Crippen molar-refractivity contribution < 1.29 is 9.53 Å². The highest BCUT2D eigenvalue weighted by Gasteiger charge is 2.09. The van der Waals surface area contributed by atoms with Crippen LogP contribution in [0.3, 0.4) is 0 Å². The van der Waals surface area contributed by atoms with E-state index in [0.29, 0.717) is 16.8 Å². The molecule has 0 bridgehead atoms. The van der Waals surface area contributed by atoms with E-state index in [0.717, 1.165) is 0 Å². The number of carbonyl (C=O) groups is 1. The third kappa shape index (κ3) is 1.85. The Morgan fingerprint density at radius 1 is 1.69 bits per heavy atom. The maximum Gasteiger partial charge on any atom is 0.339 e. The molecule has 66 valence electrons. The van der Waals surface area contributed by atoms with Gasteiger partial charge in [-0.05, 0) is 13.0 Å². The third-order valence-electron chi connectivity index (χ3n) is 1.66. The molecule has 0 saturated heterocycles. The van der Waals surface area contributed by atoms with Gasteiger partial charge in [0.25, 0.3) is 0 Å². The molecule has 13 heavy (non-hydrogen) atoms. The van der Waals surface area contributed by atoms with Crippen LogP contribution in [0.4, 0.5) is 0 Å². The summed E-state index contributed by atoms with van der Waals surface area (Å²) in [5, 5.41) is 0. The van der Waals surface area contributed by atoms with E-state index in [4.69, 9.17) is 6.42 Å². The van der Waals surface area contributed by atoms with E-state index in [2.05, 4.69) is 15.6 Å². The van der Waals surface area contributed by atoms with Crippen LogP contribution in [-0.2, 0) is 4.74 Å². The van der Waals surface area contributed by atoms with Crippen LogP contribution in [0.25, 0.3) is 0 Å². The van der Waals surface area contributed by atoms with Gasteiger partial charge in [0.2, 0.25) is 0 Å². The summed E-state index contributed by atoms with van der Waals surface area (Å²) >= 11 is 0. The predicted molar refractivity (Wildman–Crippen MR) is 48.2 cm³/mol. The molecular weight excluding hydrogens is 166 g/mol. The van der Waals surface area contributed by atoms with E-state index in [9.17, 15) is 4.79 Å². The number of ether oxygens (including phenoxy) is 1. The van der Waals surface area contributed by atoms with Gasteiger partial charge in [0, 0.05) is 11.8 Å². The zero-order valence-corrected chi connectivity index (χ0v) is 7.50. The van der Waals surface area contributed by atoms with Gasteiger partial charge in [0.1, 0.15) is 0 Å². The highest BCUT2D eigenvalue weighted by molar-refractivity contribution is 5.90. The van der Waals surface area contributed by atoms with Crippen molar-refractivity contribution in [3.63, 3.8) is 0 Å². The van der Waals surface area contributed by atoms with Crippen LogP contribution >= 0.6 is 0 Å². The summed E-state index contributed by atoms with van der Waals surface area (Å²) in [6.45, 7) is 1.73. The van der Waals surface area contributed by atoms with E-state index in [-0.39, 0.29) is 0 Å². The molecule has 0 radical (unpaired) electrons. The van der Waals surface area contributed by atoms with Crippen LogP contribution < -0.4 is 0 Å². The number of hydrogen-bond acceptors (Lipinski definition) is 3. The van der Waals surface area contributed by atoms with Crippen molar-refractivity contribution in [2.45, 2.75) is 6.92 Å². The Kier molecular flexibility index (Phi) is 2.65. The quantitative estimate of drug-likeness (QED) is 0.475. The minimum atomic E-state index is -0.415. The standard InChI is InChI=1S/C10H9NO2/c1-4-8-5-9(10(12)13-3)7(2)11-6-8/h1,5-6H,2-3H3. The molecule has 1 rings (SSSR count). The molecule has 1 aromatic rings. The van der Waals surface area contributed by atoms with Gasteiger partial charge >= 0.3 is 5.97 Å². The summed E-state index contributed by atoms with van der Waals surface area (Å²) in [5.74, 6) is 1.99. The molecule has 0 N–H and O–H groups in total. The van der Waals surface area contributed by atoms with Gasteiger partial charge in [-0.1, -0.05) is 5.92 Å². The first kappa shape index (κ1) is 9.27. The van der Waals surface area contributed by atoms with Crippen LogP contribution in [0.1, 0.15) is 21.6 Å². The summed E-state index contributed by atoms with van der Waals surface area (Å²) in [6.07, 6.45) is 6.71. The Hall–Kier alpha value is -1.82. The zero-order valence-electron chi connectivity index (χ0n) is 7.50. The number of hydrogen-bond donors (Lipinski definition) is 0. The number of carbonyl (C=O) groups excluding carboxylic acids is 1. The van der Waals surface area contributed by atoms with Crippen molar-refractivity contribution in [3.8, 4) is 12.3 Å². The van der Waals surface area contributed by atoms with Crippen LogP contribution in [-0.4, -0.2) is 18.1 Å². The molecule has 0 saturated carbocycles. The second-order valence-electron chi connectivity index (χ2n) is 2.49. The molecule has 3 nitrogen and oxygen atoms in total. The molecule has 0 spiro atoms. The maximum atomic E-state index is 11.2. The number of rotatable bonds is 1. The van der Waals surface area contributed by atoms with Crippen molar-refractivity contribution in [2.24, 2.45) is 0 Å². The highest BCUT2D eigenvalue weighted by Crippen LogP contribution is 2.08. The first-order valence-corrected chi connectivity index (χ1v) is 3.70. The van der Waals surface area contributed by atoms with Crippen LogP contribution in [0.15, 0.2) is 12.3 Å². The number of esters is 1. The predicted octanol–water partition coefficient (Wildman–Crippen LogP) is 1.16. The van der Waals surface area contributed by atoms with Gasteiger partial charge in [0.15, 0.2) is 0 Å². The van der Waals surface area contributed by atoms with Gasteiger partial charge in [-0.15, -0.1) is 6.42 Å². The second kappa shape index (κ2) is 3.72. The van der Waals surface area contributed by atoms with Crippen molar-refractivity contribution in [3.05, 3.63) is 29.1 Å². The second-order valence-corrected chi connectivity index (χ2v) is 2.49. The van der Waals surface area contributed by atoms with E-state index in [1.54, 1.807) is 19.2 Å². The fraction of sp³-hybridized carbons (Fsp3) is 0.200. The fourth-order valence-corrected chi connectivity index (χ4v) is 0.929. The Balaban J connectivity index is 3.20. The lowest BCUT2D eigenvalue weighted by molar-refractivity contribution is 0.0599. The lowest BCUT2D eigenvalue weighted by atomic mass is 10.1. The summed E-state index contributed by atoms with van der Waals surface area (Å²) in [7, 11) is 1.32. The van der Waals surface area contributed by atoms with Gasteiger partial charge < -0.3 is 4.74 Å². The number of aryl methyl sites for hydroxylation is 1. The molecule has 0 atom stereocenters. The minimum absolute atomic E-state index is 0.415. The Bertz CT molecular complexity index is 377. The summed E-state index contributed by atoms with van der Waals surface area (Å²) in [5.41, 5.74) is 1.61. The Morgan fingerprint density at radius 2 is 2.38 bits per heavy atom. The Morgan fingerprint density at radius 3 is 2.92 bits per heavy atom.